The van der Waals surface area contributed by atoms with Gasteiger partial charge >= 0.3 is 6.18 Å². The van der Waals surface area contributed by atoms with Crippen molar-refractivity contribution in [1.82, 2.24) is 20.2 Å². The van der Waals surface area contributed by atoms with Gasteiger partial charge in [-0.3, -0.25) is 19.7 Å². The molecule has 212 valence electrons. The molecule has 2 aromatic heterocycles. The van der Waals surface area contributed by atoms with E-state index in [0.29, 0.717) is 41.3 Å². The Morgan fingerprint density at radius 1 is 1.02 bits per heavy atom. The zero-order valence-electron chi connectivity index (χ0n) is 21.9. The van der Waals surface area contributed by atoms with Crippen molar-refractivity contribution in [3.63, 3.8) is 0 Å². The first-order valence-corrected chi connectivity index (χ1v) is 14.6. The number of amides is 1. The topological polar surface area (TPSA) is 70.6 Å². The summed E-state index contributed by atoms with van der Waals surface area (Å²) in [7, 11) is 0. The summed E-state index contributed by atoms with van der Waals surface area (Å²) in [6, 6.07) is 11.1. The predicted octanol–water partition coefficient (Wildman–Crippen LogP) is 5.70. The lowest BCUT2D eigenvalue weighted by atomic mass is 10.0. The van der Waals surface area contributed by atoms with Crippen molar-refractivity contribution in [2.24, 2.45) is 0 Å². The van der Waals surface area contributed by atoms with Crippen LogP contribution in [0.2, 0.25) is 0 Å². The van der Waals surface area contributed by atoms with Crippen molar-refractivity contribution in [3.05, 3.63) is 83.9 Å². The van der Waals surface area contributed by atoms with Gasteiger partial charge in [-0.2, -0.15) is 13.2 Å². The van der Waals surface area contributed by atoms with Gasteiger partial charge in [-0.1, -0.05) is 28.7 Å². The zero-order valence-corrected chi connectivity index (χ0v) is 24.0. The summed E-state index contributed by atoms with van der Waals surface area (Å²) in [5.74, 6) is 0.378. The molecule has 2 atom stereocenters. The average molecular weight is 665 g/mol. The SMILES string of the molecule is O=C(NC1CCN(Cc2cccnc2)C(I)C1)c1cncc(OC2CCN(c3ccc(C(F)(F)F)cc3)CC2)c1. The maximum Gasteiger partial charge on any atom is 0.416 e. The van der Waals surface area contributed by atoms with Gasteiger partial charge in [0.15, 0.2) is 0 Å². The number of nitrogens with zero attached hydrogens (tertiary/aromatic N) is 4. The lowest BCUT2D eigenvalue weighted by Gasteiger charge is -2.36. The van der Waals surface area contributed by atoms with E-state index in [4.69, 9.17) is 4.74 Å². The van der Waals surface area contributed by atoms with E-state index in [-0.39, 0.29) is 18.1 Å². The van der Waals surface area contributed by atoms with E-state index in [1.807, 2.05) is 12.3 Å². The summed E-state index contributed by atoms with van der Waals surface area (Å²) in [6.45, 7) is 3.07. The quantitative estimate of drug-likeness (QED) is 0.199. The average Bonchev–Trinajstić information content (AvgIpc) is 2.95. The molecule has 0 saturated carbocycles. The third-order valence-corrected chi connectivity index (χ3v) is 8.66. The minimum atomic E-state index is -4.34. The number of carbonyl (C=O) groups is 1. The Labute approximate surface area is 245 Å². The minimum Gasteiger partial charge on any atom is -0.489 e. The van der Waals surface area contributed by atoms with Crippen molar-refractivity contribution in [3.8, 4) is 5.75 Å². The van der Waals surface area contributed by atoms with Gasteiger partial charge < -0.3 is 15.0 Å². The highest BCUT2D eigenvalue weighted by Gasteiger charge is 2.31. The second-order valence-electron chi connectivity index (χ2n) is 10.2. The number of hydrogen-bond donors (Lipinski definition) is 1. The smallest absolute Gasteiger partial charge is 0.416 e. The fourth-order valence-electron chi connectivity index (χ4n) is 5.16. The van der Waals surface area contributed by atoms with E-state index in [9.17, 15) is 18.0 Å². The first-order chi connectivity index (χ1) is 19.2. The zero-order chi connectivity index (χ0) is 28.1. The Morgan fingerprint density at radius 3 is 2.48 bits per heavy atom. The molecule has 2 saturated heterocycles. The first kappa shape index (κ1) is 28.6. The van der Waals surface area contributed by atoms with E-state index in [0.717, 1.165) is 43.8 Å². The molecule has 0 bridgehead atoms. The summed E-state index contributed by atoms with van der Waals surface area (Å²) >= 11 is 2.44. The molecule has 7 nitrogen and oxygen atoms in total. The van der Waals surface area contributed by atoms with Crippen LogP contribution in [0.5, 0.6) is 5.75 Å². The van der Waals surface area contributed by atoms with Gasteiger partial charge in [0.05, 0.1) is 21.4 Å². The molecule has 0 radical (unpaired) electrons. The number of rotatable bonds is 7. The molecular weight excluding hydrogens is 634 g/mol. The van der Waals surface area contributed by atoms with Gasteiger partial charge in [0.25, 0.3) is 5.91 Å². The van der Waals surface area contributed by atoms with Crippen molar-refractivity contribution >= 4 is 34.2 Å². The molecule has 1 amide bonds. The third kappa shape index (κ3) is 7.42. The molecule has 4 heterocycles. The van der Waals surface area contributed by atoms with Gasteiger partial charge in [0, 0.05) is 69.3 Å². The van der Waals surface area contributed by atoms with E-state index >= 15 is 0 Å². The number of ether oxygens (including phenoxy) is 1. The summed E-state index contributed by atoms with van der Waals surface area (Å²) < 4.78 is 45.0. The van der Waals surface area contributed by atoms with E-state index in [1.54, 1.807) is 24.7 Å². The largest absolute Gasteiger partial charge is 0.489 e. The molecule has 5 rings (SSSR count). The Bertz CT molecular complexity index is 1270. The van der Waals surface area contributed by atoms with Crippen LogP contribution in [0.15, 0.2) is 67.3 Å². The Kier molecular flexibility index (Phi) is 9.09. The summed E-state index contributed by atoms with van der Waals surface area (Å²) in [5, 5.41) is 3.16. The summed E-state index contributed by atoms with van der Waals surface area (Å²) in [6.07, 6.45) is 5.58. The maximum absolute atomic E-state index is 13.0. The molecular formula is C29H31F3IN5O2. The Hall–Kier alpha value is -2.93. The van der Waals surface area contributed by atoms with Gasteiger partial charge in [-0.05, 0) is 54.8 Å². The second kappa shape index (κ2) is 12.7. The van der Waals surface area contributed by atoms with Gasteiger partial charge in [0.1, 0.15) is 11.9 Å². The summed E-state index contributed by atoms with van der Waals surface area (Å²) in [5.41, 5.74) is 1.76. The fraction of sp³-hybridized carbons (Fsp3) is 0.414. The monoisotopic (exact) mass is 665 g/mol. The number of anilines is 1. The van der Waals surface area contributed by atoms with Crippen molar-refractivity contribution < 1.29 is 22.7 Å². The van der Waals surface area contributed by atoms with Crippen molar-refractivity contribution in [1.29, 1.82) is 0 Å². The molecule has 2 aliphatic rings. The van der Waals surface area contributed by atoms with Crippen LogP contribution in [0.3, 0.4) is 0 Å². The number of aromatic nitrogens is 2. The van der Waals surface area contributed by atoms with Gasteiger partial charge in [0.2, 0.25) is 0 Å². The molecule has 2 unspecified atom stereocenters. The number of pyridine rings is 2. The highest BCUT2D eigenvalue weighted by atomic mass is 127. The first-order valence-electron chi connectivity index (χ1n) is 13.4. The highest BCUT2D eigenvalue weighted by Crippen LogP contribution is 2.31. The number of benzene rings is 1. The van der Waals surface area contributed by atoms with Gasteiger partial charge in [-0.25, -0.2) is 0 Å². The lowest BCUT2D eigenvalue weighted by Crippen LogP contribution is -2.47. The standard InChI is InChI=1S/C29H31F3IN5O2/c30-29(31,32)22-3-5-24(6-4-22)37-12-8-25(9-13-37)40-26-14-21(17-35-18-26)28(39)36-23-7-11-38(27(33)15-23)19-20-2-1-10-34-16-20/h1-6,10,14,16-18,23,25,27H,7-9,11-13,15,19H2,(H,36,39). The molecule has 1 N–H and O–H groups in total. The van der Waals surface area contributed by atoms with E-state index in [1.165, 1.54) is 17.7 Å². The molecule has 3 aromatic rings. The number of alkyl halides is 4. The van der Waals surface area contributed by atoms with Crippen LogP contribution in [0.1, 0.15) is 47.2 Å². The summed E-state index contributed by atoms with van der Waals surface area (Å²) in [4.78, 5) is 25.9. The number of carbonyl (C=O) groups excluding carboxylic acids is 1. The molecule has 40 heavy (non-hydrogen) atoms. The van der Waals surface area contributed by atoms with Crippen LogP contribution in [0.25, 0.3) is 0 Å². The molecule has 11 heteroatoms. The Balaban J connectivity index is 1.09. The number of halogens is 4. The number of nitrogens with one attached hydrogen (secondary N) is 1. The number of piperidine rings is 2. The molecule has 0 spiro atoms. The lowest BCUT2D eigenvalue weighted by molar-refractivity contribution is -0.137. The molecule has 1 aromatic carbocycles. The normalized spacial score (nSPS) is 20.8. The van der Waals surface area contributed by atoms with E-state index < -0.39 is 11.7 Å². The highest BCUT2D eigenvalue weighted by molar-refractivity contribution is 14.1. The van der Waals surface area contributed by atoms with Crippen molar-refractivity contribution in [2.45, 2.75) is 54.6 Å². The molecule has 0 aliphatic carbocycles. The van der Waals surface area contributed by atoms with Crippen LogP contribution < -0.4 is 15.0 Å². The van der Waals surface area contributed by atoms with Crippen LogP contribution >= 0.6 is 22.6 Å². The number of hydrogen-bond acceptors (Lipinski definition) is 6. The third-order valence-electron chi connectivity index (χ3n) is 7.36. The van der Waals surface area contributed by atoms with Crippen LogP contribution in [0, 0.1) is 0 Å². The predicted molar refractivity (Wildman–Crippen MR) is 154 cm³/mol. The minimum absolute atomic E-state index is 0.0604. The Morgan fingerprint density at radius 2 is 1.80 bits per heavy atom. The van der Waals surface area contributed by atoms with Gasteiger partial charge in [-0.15, -0.1) is 0 Å². The molecule has 2 aliphatic heterocycles. The van der Waals surface area contributed by atoms with Crippen LogP contribution in [-0.2, 0) is 12.7 Å². The number of likely N-dealkylation sites (tertiary alicyclic amines) is 1. The van der Waals surface area contributed by atoms with E-state index in [2.05, 4.69) is 53.7 Å². The van der Waals surface area contributed by atoms with Crippen molar-refractivity contribution in [2.75, 3.05) is 24.5 Å². The fourth-order valence-corrected chi connectivity index (χ4v) is 6.25. The maximum atomic E-state index is 13.0. The van der Waals surface area contributed by atoms with Crippen LogP contribution in [-0.4, -0.2) is 56.6 Å². The van der Waals surface area contributed by atoms with Crippen LogP contribution in [0.4, 0.5) is 18.9 Å². The second-order valence-corrected chi connectivity index (χ2v) is 11.7. The molecule has 2 fully saturated rings.